The molecule has 2 atom stereocenters. The van der Waals surface area contributed by atoms with Crippen LogP contribution in [0, 0.1) is 5.92 Å². The Morgan fingerprint density at radius 3 is 3.27 bits per heavy atom. The average molecular weight is 229 g/mol. The first-order valence-corrected chi connectivity index (χ1v) is 6.21. The first-order valence-electron chi connectivity index (χ1n) is 5.22. The lowest BCUT2D eigenvalue weighted by Gasteiger charge is -2.26. The lowest BCUT2D eigenvalue weighted by Crippen LogP contribution is -2.39. The van der Waals surface area contributed by atoms with Crippen LogP contribution in [0.3, 0.4) is 0 Å². The van der Waals surface area contributed by atoms with E-state index in [-0.39, 0.29) is 5.92 Å². The summed E-state index contributed by atoms with van der Waals surface area (Å²) in [5.41, 5.74) is 0. The van der Waals surface area contributed by atoms with Gasteiger partial charge < -0.3 is 9.88 Å². The molecule has 0 radical (unpaired) electrons. The molecule has 0 aromatic carbocycles. The molecule has 1 aliphatic heterocycles. The summed E-state index contributed by atoms with van der Waals surface area (Å²) >= 11 is 1.65. The quantitative estimate of drug-likeness (QED) is 0.796. The first kappa shape index (κ1) is 11.0. The van der Waals surface area contributed by atoms with E-state index >= 15 is 0 Å². The highest BCUT2D eigenvalue weighted by molar-refractivity contribution is 7.99. The van der Waals surface area contributed by atoms with Gasteiger partial charge in [-0.1, -0.05) is 11.8 Å². The Morgan fingerprint density at radius 1 is 1.73 bits per heavy atom. The smallest absolute Gasteiger partial charge is 0.167 e. The molecule has 1 saturated heterocycles. The van der Waals surface area contributed by atoms with Crippen molar-refractivity contribution in [3.63, 3.8) is 0 Å². The number of aryl methyl sites for hydroxylation is 1. The van der Waals surface area contributed by atoms with E-state index in [0.29, 0.717) is 6.54 Å². The number of rotatable bonds is 3. The highest BCUT2D eigenvalue weighted by atomic mass is 32.2. The second-order valence-electron chi connectivity index (χ2n) is 3.90. The van der Waals surface area contributed by atoms with Gasteiger partial charge in [-0.25, -0.2) is 9.37 Å². The first-order chi connectivity index (χ1) is 7.27. The molecule has 15 heavy (non-hydrogen) atoms. The molecule has 0 bridgehead atoms. The maximum atomic E-state index is 13.5. The van der Waals surface area contributed by atoms with Gasteiger partial charge in [0.25, 0.3) is 0 Å². The Kier molecular flexibility index (Phi) is 3.64. The van der Waals surface area contributed by atoms with E-state index in [1.165, 1.54) is 0 Å². The highest BCUT2D eigenvalue weighted by Crippen LogP contribution is 2.24. The molecule has 84 valence electrons. The van der Waals surface area contributed by atoms with Gasteiger partial charge in [0.15, 0.2) is 5.16 Å². The Bertz CT molecular complexity index is 315. The zero-order chi connectivity index (χ0) is 10.7. The van der Waals surface area contributed by atoms with Crippen LogP contribution in [-0.4, -0.2) is 34.6 Å². The summed E-state index contributed by atoms with van der Waals surface area (Å²) in [5, 5.41) is 4.04. The van der Waals surface area contributed by atoms with Gasteiger partial charge in [-0.2, -0.15) is 0 Å². The third-order valence-electron chi connectivity index (χ3n) is 2.75. The molecule has 3 nitrogen and oxygen atoms in total. The number of thioether (sulfide) groups is 1. The van der Waals surface area contributed by atoms with Crippen molar-refractivity contribution >= 4 is 11.8 Å². The molecule has 1 aromatic heterocycles. The summed E-state index contributed by atoms with van der Waals surface area (Å²) < 4.78 is 15.4. The summed E-state index contributed by atoms with van der Waals surface area (Å²) in [6.45, 7) is 1.44. The van der Waals surface area contributed by atoms with Crippen molar-refractivity contribution in [1.29, 1.82) is 0 Å². The molecular weight excluding hydrogens is 213 g/mol. The molecule has 0 unspecified atom stereocenters. The van der Waals surface area contributed by atoms with Crippen molar-refractivity contribution in [2.24, 2.45) is 13.0 Å². The van der Waals surface area contributed by atoms with Crippen LogP contribution in [0.5, 0.6) is 0 Å². The Balaban J connectivity index is 1.84. The minimum absolute atomic E-state index is 0.174. The minimum Gasteiger partial charge on any atom is -0.329 e. The second kappa shape index (κ2) is 4.99. The van der Waals surface area contributed by atoms with Crippen LogP contribution in [-0.2, 0) is 7.05 Å². The van der Waals surface area contributed by atoms with Gasteiger partial charge in [0.2, 0.25) is 0 Å². The van der Waals surface area contributed by atoms with Gasteiger partial charge in [0, 0.05) is 37.7 Å². The maximum Gasteiger partial charge on any atom is 0.167 e. The summed E-state index contributed by atoms with van der Waals surface area (Å²) in [6, 6.07) is 0. The topological polar surface area (TPSA) is 29.9 Å². The van der Waals surface area contributed by atoms with Crippen molar-refractivity contribution in [2.45, 2.75) is 17.7 Å². The lowest BCUT2D eigenvalue weighted by molar-refractivity contribution is 0.197. The lowest BCUT2D eigenvalue weighted by atomic mass is 9.99. The zero-order valence-electron chi connectivity index (χ0n) is 8.82. The van der Waals surface area contributed by atoms with Crippen LogP contribution in [0.2, 0.25) is 0 Å². The van der Waals surface area contributed by atoms with E-state index in [1.807, 2.05) is 17.8 Å². The van der Waals surface area contributed by atoms with Gasteiger partial charge in [-0.15, -0.1) is 0 Å². The molecule has 5 heteroatoms. The number of piperidine rings is 1. The van der Waals surface area contributed by atoms with E-state index in [2.05, 4.69) is 10.3 Å². The van der Waals surface area contributed by atoms with E-state index in [1.54, 1.807) is 18.0 Å². The predicted octanol–water partition coefficient (Wildman–Crippen LogP) is 1.46. The van der Waals surface area contributed by atoms with E-state index in [9.17, 15) is 4.39 Å². The summed E-state index contributed by atoms with van der Waals surface area (Å²) in [5.74, 6) is 1.00. The molecule has 1 aromatic rings. The highest BCUT2D eigenvalue weighted by Gasteiger charge is 2.24. The largest absolute Gasteiger partial charge is 0.329 e. The number of aromatic nitrogens is 2. The minimum atomic E-state index is -0.702. The predicted molar refractivity (Wildman–Crippen MR) is 59.8 cm³/mol. The van der Waals surface area contributed by atoms with Crippen LogP contribution in [0.15, 0.2) is 17.6 Å². The van der Waals surface area contributed by atoms with Gasteiger partial charge >= 0.3 is 0 Å². The molecule has 0 spiro atoms. The van der Waals surface area contributed by atoms with Crippen molar-refractivity contribution in [1.82, 2.24) is 14.9 Å². The SMILES string of the molecule is Cn1ccnc1SC[C@H]1CCNC[C@@H]1F. The number of nitrogens with zero attached hydrogens (tertiary/aromatic N) is 2. The molecule has 0 saturated carbocycles. The molecule has 0 amide bonds. The number of halogens is 1. The van der Waals surface area contributed by atoms with Crippen LogP contribution in [0.4, 0.5) is 4.39 Å². The average Bonchev–Trinajstić information content (AvgIpc) is 2.63. The number of alkyl halides is 1. The molecule has 1 aliphatic rings. The van der Waals surface area contributed by atoms with E-state index in [0.717, 1.165) is 23.9 Å². The van der Waals surface area contributed by atoms with Crippen molar-refractivity contribution in [3.05, 3.63) is 12.4 Å². The standard InChI is InChI=1S/C10H16FN3S/c1-14-5-4-13-10(14)15-7-8-2-3-12-6-9(8)11/h4-5,8-9,12H,2-3,6-7H2,1H3/t8-,9+/m1/s1. The summed E-state index contributed by atoms with van der Waals surface area (Å²) in [4.78, 5) is 4.21. The van der Waals surface area contributed by atoms with Gasteiger partial charge in [-0.05, 0) is 13.0 Å². The van der Waals surface area contributed by atoms with Gasteiger partial charge in [-0.3, -0.25) is 0 Å². The monoisotopic (exact) mass is 229 g/mol. The van der Waals surface area contributed by atoms with Crippen LogP contribution in [0.25, 0.3) is 0 Å². The van der Waals surface area contributed by atoms with Crippen molar-refractivity contribution < 1.29 is 4.39 Å². The normalized spacial score (nSPS) is 26.8. The Labute approximate surface area is 93.5 Å². The van der Waals surface area contributed by atoms with Crippen LogP contribution >= 0.6 is 11.8 Å². The van der Waals surface area contributed by atoms with Crippen LogP contribution in [0.1, 0.15) is 6.42 Å². The molecular formula is C10H16FN3S. The summed E-state index contributed by atoms with van der Waals surface area (Å²) in [6.07, 6.45) is 3.92. The summed E-state index contributed by atoms with van der Waals surface area (Å²) in [7, 11) is 1.96. The van der Waals surface area contributed by atoms with E-state index < -0.39 is 6.17 Å². The number of nitrogens with one attached hydrogen (secondary N) is 1. The van der Waals surface area contributed by atoms with Crippen molar-refractivity contribution in [2.75, 3.05) is 18.8 Å². The zero-order valence-corrected chi connectivity index (χ0v) is 9.63. The third kappa shape index (κ3) is 2.72. The molecule has 0 aliphatic carbocycles. The van der Waals surface area contributed by atoms with Gasteiger partial charge in [0.05, 0.1) is 0 Å². The number of imidazole rings is 1. The van der Waals surface area contributed by atoms with Crippen LogP contribution < -0.4 is 5.32 Å². The molecule has 1 fully saturated rings. The maximum absolute atomic E-state index is 13.5. The molecule has 2 rings (SSSR count). The van der Waals surface area contributed by atoms with Gasteiger partial charge in [0.1, 0.15) is 6.17 Å². The Morgan fingerprint density at radius 2 is 2.60 bits per heavy atom. The third-order valence-corrected chi connectivity index (χ3v) is 3.99. The van der Waals surface area contributed by atoms with E-state index in [4.69, 9.17) is 0 Å². The molecule has 1 N–H and O–H groups in total. The number of hydrogen-bond acceptors (Lipinski definition) is 3. The fourth-order valence-electron chi connectivity index (χ4n) is 1.74. The van der Waals surface area contributed by atoms with Crippen molar-refractivity contribution in [3.8, 4) is 0 Å². The second-order valence-corrected chi connectivity index (χ2v) is 4.89. The fraction of sp³-hybridized carbons (Fsp3) is 0.700. The fourth-order valence-corrected chi connectivity index (χ4v) is 2.87. The Hall–Kier alpha value is -0.550. The molecule has 2 heterocycles. The number of hydrogen-bond donors (Lipinski definition) is 1.